The minimum atomic E-state index is -1.12. The predicted molar refractivity (Wildman–Crippen MR) is 131 cm³/mol. The van der Waals surface area contributed by atoms with Gasteiger partial charge in [-0.05, 0) is 31.6 Å². The Balaban J connectivity index is 1.73. The molecule has 10 nitrogen and oxygen atoms in total. The van der Waals surface area contributed by atoms with Crippen molar-refractivity contribution in [1.29, 1.82) is 0 Å². The molecule has 38 heavy (non-hydrogen) atoms. The van der Waals surface area contributed by atoms with E-state index in [1.165, 1.54) is 20.8 Å². The minimum Gasteiger partial charge on any atom is -0.462 e. The second-order valence-electron chi connectivity index (χ2n) is 12.1. The number of carbonyl (C=O) groups excluding carboxylic acids is 4. The first-order valence-corrected chi connectivity index (χ1v) is 13.6. The lowest BCUT2D eigenvalue weighted by Gasteiger charge is -2.54. The van der Waals surface area contributed by atoms with E-state index < -0.39 is 52.7 Å². The zero-order valence-corrected chi connectivity index (χ0v) is 23.1. The smallest absolute Gasteiger partial charge is 0.303 e. The molecule has 0 aromatic carbocycles. The number of fused-ring (bicyclic) bond motifs is 6. The molecule has 0 saturated heterocycles. The third-order valence-electron chi connectivity index (χ3n) is 10.7. The lowest BCUT2D eigenvalue weighted by atomic mass is 9.57. The van der Waals surface area contributed by atoms with Gasteiger partial charge in [-0.2, -0.15) is 0 Å². The van der Waals surface area contributed by atoms with E-state index in [4.69, 9.17) is 28.4 Å². The van der Waals surface area contributed by atoms with Gasteiger partial charge in [0.2, 0.25) is 0 Å². The lowest BCUT2D eigenvalue weighted by Crippen LogP contribution is -2.64. The molecule has 5 aliphatic carbocycles. The summed E-state index contributed by atoms with van der Waals surface area (Å²) in [7, 11) is 4.81. The summed E-state index contributed by atoms with van der Waals surface area (Å²) in [6, 6.07) is 0. The molecule has 5 rings (SSSR count). The summed E-state index contributed by atoms with van der Waals surface area (Å²) in [4.78, 5) is 50.6. The predicted octanol–water partition coefficient (Wildman–Crippen LogP) is 2.10. The highest BCUT2D eigenvalue weighted by Crippen LogP contribution is 2.75. The number of hydrogen-bond donors (Lipinski definition) is 0. The SMILES string of the molecule is COC[C@@]1(C=O)CC[C@H](OC)C2(OC(C)=O)[C@@H]3[C@@H]4C[C@H]5[C@H](OC(C)=O)[C@@H]4[C@](OC(C)=O)(C[C@@H]5OC)[C@@H]3C[C@@H]21. The third-order valence-corrected chi connectivity index (χ3v) is 10.7. The molecule has 0 aliphatic heterocycles. The molecular weight excluding hydrogens is 496 g/mol. The van der Waals surface area contributed by atoms with Crippen molar-refractivity contribution in [3.63, 3.8) is 0 Å². The molecule has 0 aromatic rings. The monoisotopic (exact) mass is 536 g/mol. The first-order chi connectivity index (χ1) is 18.0. The van der Waals surface area contributed by atoms with Crippen LogP contribution in [0.2, 0.25) is 0 Å². The van der Waals surface area contributed by atoms with Crippen molar-refractivity contribution in [2.24, 2.45) is 40.9 Å². The summed E-state index contributed by atoms with van der Waals surface area (Å²) in [6.07, 6.45) is 2.39. The topological polar surface area (TPSA) is 124 Å². The number of carbonyl (C=O) groups is 4. The van der Waals surface area contributed by atoms with E-state index in [0.717, 1.165) is 6.29 Å². The fourth-order valence-corrected chi connectivity index (χ4v) is 10.1. The summed E-state index contributed by atoms with van der Waals surface area (Å²) < 4.78 is 36.2. The zero-order valence-electron chi connectivity index (χ0n) is 23.1. The Bertz CT molecular complexity index is 998. The van der Waals surface area contributed by atoms with Crippen molar-refractivity contribution < 1.29 is 47.6 Å². The van der Waals surface area contributed by atoms with Crippen molar-refractivity contribution in [3.05, 3.63) is 0 Å². The molecule has 2 bridgehead atoms. The highest BCUT2D eigenvalue weighted by atomic mass is 16.6. The summed E-state index contributed by atoms with van der Waals surface area (Å²) >= 11 is 0. The third kappa shape index (κ3) is 3.55. The molecule has 0 spiro atoms. The van der Waals surface area contributed by atoms with Gasteiger partial charge in [0, 0.05) is 78.1 Å². The second-order valence-corrected chi connectivity index (χ2v) is 12.1. The maximum Gasteiger partial charge on any atom is 0.303 e. The van der Waals surface area contributed by atoms with Gasteiger partial charge in [0.15, 0.2) is 0 Å². The van der Waals surface area contributed by atoms with Gasteiger partial charge < -0.3 is 33.2 Å². The van der Waals surface area contributed by atoms with Crippen LogP contribution in [0.25, 0.3) is 0 Å². The van der Waals surface area contributed by atoms with Crippen molar-refractivity contribution in [1.82, 2.24) is 0 Å². The molecule has 0 radical (unpaired) electrons. The molecule has 10 heteroatoms. The quantitative estimate of drug-likeness (QED) is 0.259. The summed E-state index contributed by atoms with van der Waals surface area (Å²) in [5.74, 6) is -2.64. The largest absolute Gasteiger partial charge is 0.462 e. The second kappa shape index (κ2) is 9.55. The molecule has 212 valence electrons. The van der Waals surface area contributed by atoms with Gasteiger partial charge in [-0.3, -0.25) is 14.4 Å². The van der Waals surface area contributed by atoms with Crippen LogP contribution in [0.3, 0.4) is 0 Å². The normalized spacial score (nSPS) is 48.1. The van der Waals surface area contributed by atoms with E-state index in [2.05, 4.69) is 0 Å². The fourth-order valence-electron chi connectivity index (χ4n) is 10.1. The van der Waals surface area contributed by atoms with Gasteiger partial charge in [-0.25, -0.2) is 0 Å². The number of ether oxygens (including phenoxy) is 6. The molecule has 5 saturated carbocycles. The number of aldehydes is 1. The van der Waals surface area contributed by atoms with E-state index in [1.54, 1.807) is 21.3 Å². The summed E-state index contributed by atoms with van der Waals surface area (Å²) in [6.45, 7) is 4.35. The van der Waals surface area contributed by atoms with Gasteiger partial charge in [0.25, 0.3) is 0 Å². The Morgan fingerprint density at radius 2 is 1.61 bits per heavy atom. The van der Waals surface area contributed by atoms with E-state index in [-0.39, 0.29) is 42.3 Å². The van der Waals surface area contributed by atoms with Gasteiger partial charge >= 0.3 is 17.9 Å². The first-order valence-electron chi connectivity index (χ1n) is 13.6. The molecule has 5 aliphatic rings. The fraction of sp³-hybridized carbons (Fsp3) is 0.857. The average molecular weight is 537 g/mol. The van der Waals surface area contributed by atoms with Crippen molar-refractivity contribution in [2.75, 3.05) is 27.9 Å². The molecular formula is C28H40O10. The lowest BCUT2D eigenvalue weighted by molar-refractivity contribution is -0.229. The number of hydrogen-bond acceptors (Lipinski definition) is 10. The van der Waals surface area contributed by atoms with E-state index in [9.17, 15) is 19.2 Å². The highest BCUT2D eigenvalue weighted by molar-refractivity contribution is 5.69. The molecule has 1 unspecified atom stereocenters. The van der Waals surface area contributed by atoms with Crippen LogP contribution < -0.4 is 0 Å². The highest BCUT2D eigenvalue weighted by Gasteiger charge is 2.83. The molecule has 5 fully saturated rings. The van der Waals surface area contributed by atoms with Gasteiger partial charge in [-0.15, -0.1) is 0 Å². The van der Waals surface area contributed by atoms with E-state index in [0.29, 0.717) is 32.1 Å². The standard InChI is InChI=1S/C28H40O10/c1-14(30)36-25-17-9-18-23-19(27(24(18)25,37-15(2)31)11-20(17)34-5)10-21-26(12-29,13-33-4)8-7-22(35-6)28(21,23)38-16(3)32/h12,17-25H,7-11,13H2,1-6H3/t17-,18+,19-,20+,21-,22+,23-,24-,25+,26+,27+,28?/m1/s1. The molecule has 0 aromatic heterocycles. The Kier molecular flexibility index (Phi) is 6.92. The number of methoxy groups -OCH3 is 3. The maximum absolute atomic E-state index is 12.8. The summed E-state index contributed by atoms with van der Waals surface area (Å²) in [5, 5.41) is 0. The zero-order chi connectivity index (χ0) is 27.6. The van der Waals surface area contributed by atoms with E-state index >= 15 is 0 Å². The Morgan fingerprint density at radius 1 is 0.895 bits per heavy atom. The Morgan fingerprint density at radius 3 is 2.16 bits per heavy atom. The van der Waals surface area contributed by atoms with Gasteiger partial charge in [-0.1, -0.05) is 0 Å². The van der Waals surface area contributed by atoms with Crippen LogP contribution in [-0.4, -0.2) is 81.6 Å². The molecule has 0 heterocycles. The van der Waals surface area contributed by atoms with Crippen LogP contribution in [0, 0.1) is 40.9 Å². The van der Waals surface area contributed by atoms with Gasteiger partial charge in [0.05, 0.1) is 24.2 Å². The van der Waals surface area contributed by atoms with Crippen LogP contribution in [0.1, 0.15) is 52.9 Å². The van der Waals surface area contributed by atoms with Crippen molar-refractivity contribution >= 4 is 24.2 Å². The first kappa shape index (κ1) is 27.5. The Hall–Kier alpha value is -2.04. The van der Waals surface area contributed by atoms with Gasteiger partial charge in [0.1, 0.15) is 23.6 Å². The number of rotatable bonds is 8. The molecule has 0 amide bonds. The maximum atomic E-state index is 12.8. The van der Waals surface area contributed by atoms with Crippen LogP contribution in [0.15, 0.2) is 0 Å². The van der Waals surface area contributed by atoms with Crippen LogP contribution >= 0.6 is 0 Å². The minimum absolute atomic E-state index is 0.0867. The average Bonchev–Trinajstić information content (AvgIpc) is 3.42. The molecule has 12 atom stereocenters. The number of esters is 3. The van der Waals surface area contributed by atoms with Crippen molar-refractivity contribution in [2.45, 2.75) is 82.4 Å². The Labute approximate surface area is 223 Å². The molecule has 0 N–H and O–H groups in total. The van der Waals surface area contributed by atoms with Crippen LogP contribution in [0.4, 0.5) is 0 Å². The van der Waals surface area contributed by atoms with E-state index in [1.807, 2.05) is 0 Å². The van der Waals surface area contributed by atoms with Crippen LogP contribution in [0.5, 0.6) is 0 Å². The van der Waals surface area contributed by atoms with Crippen molar-refractivity contribution in [3.8, 4) is 0 Å². The van der Waals surface area contributed by atoms with Crippen LogP contribution in [-0.2, 0) is 47.6 Å². The summed E-state index contributed by atoms with van der Waals surface area (Å²) in [5.41, 5.74) is -3.01.